The van der Waals surface area contributed by atoms with E-state index >= 15 is 0 Å². The lowest BCUT2D eigenvalue weighted by Gasteiger charge is -2.23. The molecule has 1 aromatic rings. The highest BCUT2D eigenvalue weighted by Gasteiger charge is 2.12. The van der Waals surface area contributed by atoms with Gasteiger partial charge in [-0.05, 0) is 18.1 Å². The van der Waals surface area contributed by atoms with E-state index in [9.17, 15) is 0 Å². The molecule has 0 radical (unpaired) electrons. The monoisotopic (exact) mass is 286 g/mol. The predicted molar refractivity (Wildman–Crippen MR) is 78.4 cm³/mol. The van der Waals surface area contributed by atoms with Gasteiger partial charge in [0.2, 0.25) is 0 Å². The smallest absolute Gasteiger partial charge is 0.0589 e. The Balaban J connectivity index is 2.47. The maximum atomic E-state index is 9.03. The number of halogens is 1. The third-order valence-corrected chi connectivity index (χ3v) is 3.43. The van der Waals surface area contributed by atoms with Crippen LogP contribution in [0.2, 0.25) is 5.02 Å². The molecule has 0 bridgehead atoms. The largest absolute Gasteiger partial charge is 0.395 e. The number of methoxy groups -OCH3 is 1. The second-order valence-electron chi connectivity index (χ2n) is 4.47. The van der Waals surface area contributed by atoms with Gasteiger partial charge in [-0.2, -0.15) is 0 Å². The molecule has 1 atom stereocenters. The first-order valence-corrected chi connectivity index (χ1v) is 6.89. The molecule has 0 fully saturated rings. The fourth-order valence-electron chi connectivity index (χ4n) is 1.95. The van der Waals surface area contributed by atoms with E-state index in [0.717, 1.165) is 25.1 Å². The Hall–Kier alpha value is -0.650. The van der Waals surface area contributed by atoms with E-state index in [1.807, 2.05) is 24.3 Å². The molecule has 0 spiro atoms. The second-order valence-corrected chi connectivity index (χ2v) is 4.88. The Morgan fingerprint density at radius 2 is 2.05 bits per heavy atom. The molecule has 19 heavy (non-hydrogen) atoms. The number of ether oxygens (including phenoxy) is 1. The van der Waals surface area contributed by atoms with Crippen molar-refractivity contribution < 1.29 is 9.84 Å². The second kappa shape index (κ2) is 9.28. The average Bonchev–Trinajstić information content (AvgIpc) is 2.42. The zero-order chi connectivity index (χ0) is 14.1. The van der Waals surface area contributed by atoms with Crippen LogP contribution in [0.5, 0.6) is 0 Å². The van der Waals surface area contributed by atoms with Crippen molar-refractivity contribution in [3.05, 3.63) is 34.9 Å². The number of hydrogen-bond donors (Lipinski definition) is 2. The molecule has 3 N–H and O–H groups in total. The average molecular weight is 287 g/mol. The predicted octanol–water partition coefficient (Wildman–Crippen LogP) is 1.67. The molecule has 0 saturated heterocycles. The lowest BCUT2D eigenvalue weighted by molar-refractivity contribution is 0.128. The lowest BCUT2D eigenvalue weighted by Crippen LogP contribution is -2.33. The highest BCUT2D eigenvalue weighted by Crippen LogP contribution is 2.23. The highest BCUT2D eigenvalue weighted by atomic mass is 35.5. The molecule has 1 rings (SSSR count). The molecule has 0 aliphatic carbocycles. The molecule has 0 aliphatic rings. The molecule has 0 aromatic heterocycles. The molecule has 0 heterocycles. The SMILES string of the molecule is COCCN(CCO)CCC(N)c1ccccc1Cl. The van der Waals surface area contributed by atoms with Crippen molar-refractivity contribution in [1.82, 2.24) is 4.90 Å². The van der Waals surface area contributed by atoms with Gasteiger partial charge in [0.25, 0.3) is 0 Å². The Kier molecular flexibility index (Phi) is 8.02. The summed E-state index contributed by atoms with van der Waals surface area (Å²) in [6.45, 7) is 3.05. The van der Waals surface area contributed by atoms with Crippen LogP contribution in [0.15, 0.2) is 24.3 Å². The van der Waals surface area contributed by atoms with Crippen LogP contribution in [-0.2, 0) is 4.74 Å². The quantitative estimate of drug-likeness (QED) is 0.725. The van der Waals surface area contributed by atoms with E-state index in [1.54, 1.807) is 7.11 Å². The standard InChI is InChI=1S/C14H23ClN2O2/c1-19-11-9-17(8-10-18)7-6-14(16)12-4-2-3-5-13(12)15/h2-5,14,18H,6-11,16H2,1H3. The summed E-state index contributed by atoms with van der Waals surface area (Å²) in [5.41, 5.74) is 7.14. The van der Waals surface area contributed by atoms with Gasteiger partial charge in [0.05, 0.1) is 13.2 Å². The number of nitrogens with two attached hydrogens (primary N) is 1. The maximum absolute atomic E-state index is 9.03. The van der Waals surface area contributed by atoms with Gasteiger partial charge in [0.15, 0.2) is 0 Å². The van der Waals surface area contributed by atoms with E-state index in [-0.39, 0.29) is 12.6 Å². The fourth-order valence-corrected chi connectivity index (χ4v) is 2.23. The molecule has 4 nitrogen and oxygen atoms in total. The third kappa shape index (κ3) is 5.89. The molecule has 0 amide bonds. The topological polar surface area (TPSA) is 58.7 Å². The van der Waals surface area contributed by atoms with Crippen LogP contribution in [0.25, 0.3) is 0 Å². The van der Waals surface area contributed by atoms with Crippen molar-refractivity contribution in [2.45, 2.75) is 12.5 Å². The summed E-state index contributed by atoms with van der Waals surface area (Å²) < 4.78 is 5.05. The number of benzene rings is 1. The van der Waals surface area contributed by atoms with E-state index < -0.39 is 0 Å². The van der Waals surface area contributed by atoms with Crippen LogP contribution in [-0.4, -0.2) is 50.0 Å². The lowest BCUT2D eigenvalue weighted by atomic mass is 10.0. The van der Waals surface area contributed by atoms with E-state index in [2.05, 4.69) is 4.90 Å². The minimum Gasteiger partial charge on any atom is -0.395 e. The summed E-state index contributed by atoms with van der Waals surface area (Å²) in [4.78, 5) is 2.14. The summed E-state index contributed by atoms with van der Waals surface area (Å²) in [7, 11) is 1.67. The molecule has 0 saturated carbocycles. The van der Waals surface area contributed by atoms with Gasteiger partial charge in [-0.15, -0.1) is 0 Å². The third-order valence-electron chi connectivity index (χ3n) is 3.09. The van der Waals surface area contributed by atoms with Crippen LogP contribution in [0.4, 0.5) is 0 Å². The van der Waals surface area contributed by atoms with Gasteiger partial charge in [0, 0.05) is 37.8 Å². The summed E-state index contributed by atoms with van der Waals surface area (Å²) >= 11 is 6.13. The van der Waals surface area contributed by atoms with Crippen LogP contribution >= 0.6 is 11.6 Å². The molecular formula is C14H23ClN2O2. The fraction of sp³-hybridized carbons (Fsp3) is 0.571. The van der Waals surface area contributed by atoms with Gasteiger partial charge in [-0.1, -0.05) is 29.8 Å². The van der Waals surface area contributed by atoms with Crippen molar-refractivity contribution in [2.24, 2.45) is 5.73 Å². The van der Waals surface area contributed by atoms with Gasteiger partial charge in [-0.25, -0.2) is 0 Å². The summed E-state index contributed by atoms with van der Waals surface area (Å²) in [5, 5.41) is 9.74. The molecular weight excluding hydrogens is 264 g/mol. The Bertz CT molecular complexity index is 363. The molecule has 1 aromatic carbocycles. The number of aliphatic hydroxyl groups is 1. The van der Waals surface area contributed by atoms with Crippen molar-refractivity contribution in [3.63, 3.8) is 0 Å². The van der Waals surface area contributed by atoms with Crippen LogP contribution in [0.1, 0.15) is 18.0 Å². The van der Waals surface area contributed by atoms with Gasteiger partial charge >= 0.3 is 0 Å². The minimum atomic E-state index is -0.0857. The normalized spacial score (nSPS) is 12.9. The summed E-state index contributed by atoms with van der Waals surface area (Å²) in [6, 6.07) is 7.57. The number of rotatable bonds is 9. The maximum Gasteiger partial charge on any atom is 0.0589 e. The summed E-state index contributed by atoms with van der Waals surface area (Å²) in [5.74, 6) is 0. The zero-order valence-electron chi connectivity index (χ0n) is 11.4. The van der Waals surface area contributed by atoms with Gasteiger partial charge in [0.1, 0.15) is 0 Å². The Morgan fingerprint density at radius 3 is 2.68 bits per heavy atom. The van der Waals surface area contributed by atoms with Crippen molar-refractivity contribution in [3.8, 4) is 0 Å². The summed E-state index contributed by atoms with van der Waals surface area (Å²) in [6.07, 6.45) is 0.799. The minimum absolute atomic E-state index is 0.0857. The number of hydrogen-bond acceptors (Lipinski definition) is 4. The van der Waals surface area contributed by atoms with E-state index in [1.165, 1.54) is 0 Å². The van der Waals surface area contributed by atoms with Crippen molar-refractivity contribution in [1.29, 1.82) is 0 Å². The highest BCUT2D eigenvalue weighted by molar-refractivity contribution is 6.31. The van der Waals surface area contributed by atoms with Gasteiger partial charge in [-0.3, -0.25) is 4.90 Å². The Morgan fingerprint density at radius 1 is 1.32 bits per heavy atom. The van der Waals surface area contributed by atoms with Crippen LogP contribution in [0.3, 0.4) is 0 Å². The molecule has 108 valence electrons. The van der Waals surface area contributed by atoms with E-state index in [0.29, 0.717) is 18.2 Å². The van der Waals surface area contributed by atoms with Gasteiger partial charge < -0.3 is 15.6 Å². The first kappa shape index (κ1) is 16.4. The molecule has 0 aliphatic heterocycles. The molecule has 5 heteroatoms. The zero-order valence-corrected chi connectivity index (χ0v) is 12.1. The number of nitrogens with zero attached hydrogens (tertiary/aromatic N) is 1. The number of aliphatic hydroxyl groups excluding tert-OH is 1. The first-order valence-electron chi connectivity index (χ1n) is 6.51. The van der Waals surface area contributed by atoms with E-state index in [4.69, 9.17) is 27.2 Å². The molecule has 1 unspecified atom stereocenters. The Labute approximate surface area is 120 Å². The van der Waals surface area contributed by atoms with Crippen LogP contribution < -0.4 is 5.73 Å². The van der Waals surface area contributed by atoms with Crippen LogP contribution in [0, 0.1) is 0 Å². The van der Waals surface area contributed by atoms with Crippen molar-refractivity contribution in [2.75, 3.05) is 40.0 Å². The van der Waals surface area contributed by atoms with Crippen molar-refractivity contribution >= 4 is 11.6 Å². The first-order chi connectivity index (χ1) is 9.19.